The lowest BCUT2D eigenvalue weighted by atomic mass is 10.1. The summed E-state index contributed by atoms with van der Waals surface area (Å²) in [6.45, 7) is 6.53. The van der Waals surface area contributed by atoms with Crippen LogP contribution in [0.2, 0.25) is 0 Å². The maximum atomic E-state index is 11.8. The van der Waals surface area contributed by atoms with Crippen molar-refractivity contribution in [3.8, 4) is 0 Å². The highest BCUT2D eigenvalue weighted by molar-refractivity contribution is 5.93. The zero-order valence-electron chi connectivity index (χ0n) is 13.2. The third-order valence-electron chi connectivity index (χ3n) is 3.28. The molecule has 0 fully saturated rings. The zero-order chi connectivity index (χ0) is 16.0. The summed E-state index contributed by atoms with van der Waals surface area (Å²) >= 11 is 0. The Labute approximate surface area is 125 Å². The number of hydrogen-bond acceptors (Lipinski definition) is 4. The van der Waals surface area contributed by atoms with E-state index >= 15 is 0 Å². The van der Waals surface area contributed by atoms with Gasteiger partial charge in [-0.1, -0.05) is 6.07 Å². The fourth-order valence-electron chi connectivity index (χ4n) is 2.21. The van der Waals surface area contributed by atoms with E-state index in [0.29, 0.717) is 24.5 Å². The molecule has 0 spiro atoms. The van der Waals surface area contributed by atoms with Crippen molar-refractivity contribution in [3.05, 3.63) is 23.8 Å². The SMILES string of the molecule is CCN(C(=O)OC)c1cccc(N(CC)C(=O)OC)c1C. The van der Waals surface area contributed by atoms with Gasteiger partial charge in [-0.25, -0.2) is 9.59 Å². The van der Waals surface area contributed by atoms with Gasteiger partial charge in [0, 0.05) is 13.1 Å². The monoisotopic (exact) mass is 294 g/mol. The first-order chi connectivity index (χ1) is 10.0. The van der Waals surface area contributed by atoms with Crippen LogP contribution in [0, 0.1) is 6.92 Å². The van der Waals surface area contributed by atoms with Gasteiger partial charge in [0.1, 0.15) is 0 Å². The Balaban J connectivity index is 3.30. The Morgan fingerprint density at radius 1 is 0.952 bits per heavy atom. The molecule has 0 atom stereocenters. The molecule has 0 aliphatic rings. The van der Waals surface area contributed by atoms with Gasteiger partial charge < -0.3 is 9.47 Å². The van der Waals surface area contributed by atoms with Crippen LogP contribution in [0.15, 0.2) is 18.2 Å². The molecular formula is C15H22N2O4. The second-order valence-electron chi connectivity index (χ2n) is 4.35. The molecule has 0 heterocycles. The fraction of sp³-hybridized carbons (Fsp3) is 0.467. The summed E-state index contributed by atoms with van der Waals surface area (Å²) in [5, 5.41) is 0. The third-order valence-corrected chi connectivity index (χ3v) is 3.28. The third kappa shape index (κ3) is 3.45. The van der Waals surface area contributed by atoms with E-state index in [0.717, 1.165) is 5.56 Å². The molecule has 6 nitrogen and oxygen atoms in total. The number of amides is 2. The van der Waals surface area contributed by atoms with E-state index in [1.807, 2.05) is 32.9 Å². The summed E-state index contributed by atoms with van der Waals surface area (Å²) in [6, 6.07) is 5.45. The van der Waals surface area contributed by atoms with E-state index in [2.05, 4.69) is 0 Å². The minimum atomic E-state index is -0.432. The van der Waals surface area contributed by atoms with Crippen LogP contribution in [0.5, 0.6) is 0 Å². The van der Waals surface area contributed by atoms with Crippen LogP contribution >= 0.6 is 0 Å². The van der Waals surface area contributed by atoms with Gasteiger partial charge in [0.05, 0.1) is 25.6 Å². The topological polar surface area (TPSA) is 59.1 Å². The number of benzene rings is 1. The van der Waals surface area contributed by atoms with E-state index in [-0.39, 0.29) is 0 Å². The summed E-state index contributed by atoms with van der Waals surface area (Å²) in [5.74, 6) is 0. The summed E-state index contributed by atoms with van der Waals surface area (Å²) in [4.78, 5) is 26.7. The van der Waals surface area contributed by atoms with Gasteiger partial charge in [-0.15, -0.1) is 0 Å². The average molecular weight is 294 g/mol. The number of ether oxygens (including phenoxy) is 2. The lowest BCUT2D eigenvalue weighted by Gasteiger charge is -2.26. The minimum absolute atomic E-state index is 0.432. The van der Waals surface area contributed by atoms with Gasteiger partial charge in [-0.2, -0.15) is 0 Å². The van der Waals surface area contributed by atoms with Crippen molar-refractivity contribution in [1.82, 2.24) is 0 Å². The molecule has 116 valence electrons. The maximum Gasteiger partial charge on any atom is 0.413 e. The van der Waals surface area contributed by atoms with Gasteiger partial charge in [-0.05, 0) is 38.5 Å². The molecule has 0 aromatic heterocycles. The van der Waals surface area contributed by atoms with Crippen LogP contribution in [0.4, 0.5) is 21.0 Å². The van der Waals surface area contributed by atoms with E-state index in [1.54, 1.807) is 6.07 Å². The first-order valence-electron chi connectivity index (χ1n) is 6.82. The number of hydrogen-bond donors (Lipinski definition) is 0. The number of nitrogens with zero attached hydrogens (tertiary/aromatic N) is 2. The van der Waals surface area contributed by atoms with Gasteiger partial charge in [0.15, 0.2) is 0 Å². The smallest absolute Gasteiger partial charge is 0.413 e. The van der Waals surface area contributed by atoms with Gasteiger partial charge in [0.25, 0.3) is 0 Å². The molecule has 21 heavy (non-hydrogen) atoms. The molecule has 1 aromatic carbocycles. The van der Waals surface area contributed by atoms with Crippen molar-refractivity contribution in [2.75, 3.05) is 37.1 Å². The van der Waals surface area contributed by atoms with Crippen molar-refractivity contribution in [2.45, 2.75) is 20.8 Å². The summed E-state index contributed by atoms with van der Waals surface area (Å²) in [5.41, 5.74) is 2.24. The maximum absolute atomic E-state index is 11.8. The Morgan fingerprint density at radius 2 is 1.33 bits per heavy atom. The zero-order valence-corrected chi connectivity index (χ0v) is 13.2. The second kappa shape index (κ2) is 7.52. The number of carbonyl (C=O) groups is 2. The molecule has 0 saturated carbocycles. The van der Waals surface area contributed by atoms with Crippen LogP contribution in [0.1, 0.15) is 19.4 Å². The number of rotatable bonds is 4. The highest BCUT2D eigenvalue weighted by Crippen LogP contribution is 2.30. The van der Waals surface area contributed by atoms with Gasteiger partial charge in [0.2, 0.25) is 0 Å². The van der Waals surface area contributed by atoms with Gasteiger partial charge in [-0.3, -0.25) is 9.80 Å². The van der Waals surface area contributed by atoms with Crippen molar-refractivity contribution in [3.63, 3.8) is 0 Å². The summed E-state index contributed by atoms with van der Waals surface area (Å²) in [6.07, 6.45) is -0.863. The molecule has 6 heteroatoms. The number of anilines is 2. The molecule has 1 aromatic rings. The van der Waals surface area contributed by atoms with Crippen LogP contribution in [0.3, 0.4) is 0 Å². The van der Waals surface area contributed by atoms with Crippen molar-refractivity contribution in [2.24, 2.45) is 0 Å². The molecule has 0 aliphatic carbocycles. The highest BCUT2D eigenvalue weighted by Gasteiger charge is 2.22. The summed E-state index contributed by atoms with van der Waals surface area (Å²) in [7, 11) is 2.69. The molecule has 0 unspecified atom stereocenters. The Hall–Kier alpha value is -2.24. The molecule has 0 bridgehead atoms. The molecule has 1 rings (SSSR count). The Bertz CT molecular complexity index is 474. The molecule has 0 N–H and O–H groups in total. The predicted octanol–water partition coefficient (Wildman–Crippen LogP) is 3.18. The first kappa shape index (κ1) is 16.8. The standard InChI is InChI=1S/C15H22N2O4/c1-6-16(14(18)20-4)12-9-8-10-13(11(12)3)17(7-2)15(19)21-5/h8-10H,6-7H2,1-5H3. The Kier molecular flexibility index (Phi) is 6.02. The van der Waals surface area contributed by atoms with Crippen molar-refractivity contribution < 1.29 is 19.1 Å². The molecule has 0 saturated heterocycles. The lowest BCUT2D eigenvalue weighted by molar-refractivity contribution is 0.178. The normalized spacial score (nSPS) is 9.95. The van der Waals surface area contributed by atoms with Crippen LogP contribution in [0.25, 0.3) is 0 Å². The van der Waals surface area contributed by atoms with E-state index in [1.165, 1.54) is 24.0 Å². The van der Waals surface area contributed by atoms with E-state index < -0.39 is 12.2 Å². The molecule has 0 aliphatic heterocycles. The minimum Gasteiger partial charge on any atom is -0.452 e. The average Bonchev–Trinajstić information content (AvgIpc) is 2.51. The molecular weight excluding hydrogens is 272 g/mol. The van der Waals surface area contributed by atoms with Crippen molar-refractivity contribution in [1.29, 1.82) is 0 Å². The van der Waals surface area contributed by atoms with Crippen LogP contribution in [-0.2, 0) is 9.47 Å². The highest BCUT2D eigenvalue weighted by atomic mass is 16.5. The van der Waals surface area contributed by atoms with Crippen molar-refractivity contribution >= 4 is 23.6 Å². The molecule has 0 radical (unpaired) electrons. The van der Waals surface area contributed by atoms with E-state index in [4.69, 9.17) is 9.47 Å². The number of carbonyl (C=O) groups excluding carboxylic acids is 2. The Morgan fingerprint density at radius 3 is 1.62 bits per heavy atom. The molecule has 2 amide bonds. The second-order valence-corrected chi connectivity index (χ2v) is 4.35. The fourth-order valence-corrected chi connectivity index (χ4v) is 2.21. The predicted molar refractivity (Wildman–Crippen MR) is 82.0 cm³/mol. The van der Waals surface area contributed by atoms with E-state index in [9.17, 15) is 9.59 Å². The quantitative estimate of drug-likeness (QED) is 0.855. The van der Waals surface area contributed by atoms with Crippen LogP contribution in [-0.4, -0.2) is 39.5 Å². The largest absolute Gasteiger partial charge is 0.452 e. The van der Waals surface area contributed by atoms with Crippen LogP contribution < -0.4 is 9.80 Å². The summed E-state index contributed by atoms with van der Waals surface area (Å²) < 4.78 is 9.58. The number of methoxy groups -OCH3 is 2. The van der Waals surface area contributed by atoms with Gasteiger partial charge >= 0.3 is 12.2 Å². The first-order valence-corrected chi connectivity index (χ1v) is 6.82. The lowest BCUT2D eigenvalue weighted by Crippen LogP contribution is -2.33.